The number of rotatable bonds is 7. The Labute approximate surface area is 226 Å². The number of aliphatic hydroxyl groups excluding tert-OH is 1. The summed E-state index contributed by atoms with van der Waals surface area (Å²) in [4.78, 5) is 21.3. The number of fused-ring (bicyclic) bond motifs is 2. The molecule has 2 heterocycles. The molecule has 1 aromatic rings. The molecule has 1 aromatic heterocycles. The molecule has 210 valence electrons. The molecule has 37 heavy (non-hydrogen) atoms. The summed E-state index contributed by atoms with van der Waals surface area (Å²) in [5.74, 6) is -0.434. The first-order valence-electron chi connectivity index (χ1n) is 13.7. The van der Waals surface area contributed by atoms with Gasteiger partial charge in [-0.05, 0) is 57.3 Å². The number of sulfone groups is 1. The van der Waals surface area contributed by atoms with Gasteiger partial charge in [0.15, 0.2) is 9.84 Å². The van der Waals surface area contributed by atoms with Gasteiger partial charge in [0.2, 0.25) is 5.91 Å². The van der Waals surface area contributed by atoms with E-state index >= 15 is 0 Å². The molecular weight excluding hydrogens is 510 g/mol. The van der Waals surface area contributed by atoms with Crippen LogP contribution >= 0.6 is 11.3 Å². The van der Waals surface area contributed by atoms with Crippen molar-refractivity contribution in [1.82, 2.24) is 15.2 Å². The molecule has 2 N–H and O–H groups in total. The van der Waals surface area contributed by atoms with Gasteiger partial charge in [0, 0.05) is 42.9 Å². The SMILES string of the molecule is C[C@H](C(=O)NCCN1CCOCC1)[C@@H]1CC[C@@]2(C)Cc3sc(CS(=O)(=O)C(C)(C)C)nc3[C@@H](C)[C@@H]2[C@H]1O. The van der Waals surface area contributed by atoms with E-state index in [0.717, 1.165) is 62.7 Å². The molecule has 0 radical (unpaired) electrons. The van der Waals surface area contributed by atoms with Gasteiger partial charge in [0.1, 0.15) is 10.8 Å². The number of hydrogen-bond acceptors (Lipinski definition) is 8. The monoisotopic (exact) mass is 555 g/mol. The van der Waals surface area contributed by atoms with E-state index in [4.69, 9.17) is 9.72 Å². The van der Waals surface area contributed by atoms with E-state index in [0.29, 0.717) is 11.6 Å². The lowest BCUT2D eigenvalue weighted by Crippen LogP contribution is -2.53. The van der Waals surface area contributed by atoms with Gasteiger partial charge in [0.05, 0.1) is 29.8 Å². The van der Waals surface area contributed by atoms with Crippen molar-refractivity contribution in [2.45, 2.75) is 83.3 Å². The Morgan fingerprint density at radius 2 is 2.00 bits per heavy atom. The van der Waals surface area contributed by atoms with E-state index in [2.05, 4.69) is 24.1 Å². The Bertz CT molecular complexity index is 1080. The first-order chi connectivity index (χ1) is 17.2. The van der Waals surface area contributed by atoms with Gasteiger partial charge in [-0.1, -0.05) is 20.8 Å². The van der Waals surface area contributed by atoms with Crippen LogP contribution in [0.1, 0.15) is 75.9 Å². The average molecular weight is 556 g/mol. The van der Waals surface area contributed by atoms with Crippen molar-refractivity contribution < 1.29 is 23.1 Å². The molecule has 0 unspecified atom stereocenters. The van der Waals surface area contributed by atoms with E-state index in [1.165, 1.54) is 11.3 Å². The predicted octanol–water partition coefficient (Wildman–Crippen LogP) is 2.99. The maximum absolute atomic E-state index is 13.0. The minimum absolute atomic E-state index is 0.00507. The third kappa shape index (κ3) is 5.93. The van der Waals surface area contributed by atoms with Gasteiger partial charge in [-0.15, -0.1) is 11.3 Å². The van der Waals surface area contributed by atoms with Crippen molar-refractivity contribution in [1.29, 1.82) is 0 Å². The highest BCUT2D eigenvalue weighted by Crippen LogP contribution is 2.57. The standard InChI is InChI=1S/C27H45N3O5S2/c1-17(25(32)28-9-10-30-11-13-35-14-12-30)19-7-8-27(6)15-20-23(18(2)22(27)24(19)31)29-21(36-20)16-37(33,34)26(3,4)5/h17-19,22,24,31H,7-16H2,1-6H3,(H,28,32)/t17-,18-,19-,22+,24-,27-/m0/s1. The Morgan fingerprint density at radius 3 is 2.65 bits per heavy atom. The van der Waals surface area contributed by atoms with E-state index in [9.17, 15) is 18.3 Å². The highest BCUT2D eigenvalue weighted by atomic mass is 32.2. The number of aliphatic hydroxyl groups is 1. The summed E-state index contributed by atoms with van der Waals surface area (Å²) in [7, 11) is -3.32. The number of carbonyl (C=O) groups is 1. The van der Waals surface area contributed by atoms with Gasteiger partial charge < -0.3 is 15.2 Å². The van der Waals surface area contributed by atoms with Crippen molar-refractivity contribution in [3.8, 4) is 0 Å². The van der Waals surface area contributed by atoms with Gasteiger partial charge in [-0.2, -0.15) is 0 Å². The van der Waals surface area contributed by atoms with Gasteiger partial charge in [0.25, 0.3) is 0 Å². The van der Waals surface area contributed by atoms with Crippen molar-refractivity contribution in [2.75, 3.05) is 39.4 Å². The third-order valence-corrected chi connectivity index (χ3v) is 12.9. The maximum Gasteiger partial charge on any atom is 0.223 e. The zero-order valence-corrected chi connectivity index (χ0v) is 24.9. The van der Waals surface area contributed by atoms with Crippen molar-refractivity contribution in [3.05, 3.63) is 15.6 Å². The molecule has 0 bridgehead atoms. The van der Waals surface area contributed by atoms with Crippen LogP contribution in [0.5, 0.6) is 0 Å². The first-order valence-corrected chi connectivity index (χ1v) is 16.2. The summed E-state index contributed by atoms with van der Waals surface area (Å²) in [6.45, 7) is 16.2. The number of thiazole rings is 1. The Morgan fingerprint density at radius 1 is 1.32 bits per heavy atom. The number of hydrogen-bond donors (Lipinski definition) is 2. The summed E-state index contributed by atoms with van der Waals surface area (Å²) in [6, 6.07) is 0. The smallest absolute Gasteiger partial charge is 0.223 e. The molecule has 1 aliphatic heterocycles. The molecule has 10 heteroatoms. The third-order valence-electron chi connectivity index (χ3n) is 9.10. The van der Waals surface area contributed by atoms with Crippen molar-refractivity contribution >= 4 is 27.1 Å². The van der Waals surface area contributed by atoms with Gasteiger partial charge in [-0.25, -0.2) is 13.4 Å². The van der Waals surface area contributed by atoms with Crippen molar-refractivity contribution in [3.63, 3.8) is 0 Å². The number of amides is 1. The maximum atomic E-state index is 13.0. The summed E-state index contributed by atoms with van der Waals surface area (Å²) < 4.78 is 30.2. The lowest BCUT2D eigenvalue weighted by Gasteiger charge is -2.53. The predicted molar refractivity (Wildman–Crippen MR) is 146 cm³/mol. The molecule has 0 aromatic carbocycles. The van der Waals surface area contributed by atoms with Crippen molar-refractivity contribution in [2.24, 2.45) is 23.2 Å². The molecule has 6 atom stereocenters. The fourth-order valence-corrected chi connectivity index (χ4v) is 9.25. The molecule has 0 spiro atoms. The van der Waals surface area contributed by atoms with Crippen LogP contribution in [0.15, 0.2) is 0 Å². The molecule has 1 saturated carbocycles. The highest BCUT2D eigenvalue weighted by Gasteiger charge is 2.54. The Kier molecular flexibility index (Phi) is 8.47. The van der Waals surface area contributed by atoms with Crippen LogP contribution < -0.4 is 5.32 Å². The molecular formula is C27H45N3O5S2. The molecule has 8 nitrogen and oxygen atoms in total. The number of morpholine rings is 1. The second-order valence-corrected chi connectivity index (χ2v) is 16.6. The number of nitrogens with one attached hydrogen (secondary N) is 1. The largest absolute Gasteiger partial charge is 0.392 e. The molecule has 1 amide bonds. The van der Waals surface area contributed by atoms with Crippen LogP contribution in [0.2, 0.25) is 0 Å². The van der Waals surface area contributed by atoms with Gasteiger partial charge in [-0.3, -0.25) is 9.69 Å². The molecule has 1 saturated heterocycles. The zero-order chi connectivity index (χ0) is 27.2. The zero-order valence-electron chi connectivity index (χ0n) is 23.2. The summed E-state index contributed by atoms with van der Waals surface area (Å²) in [6.07, 6.45) is 1.93. The molecule has 3 aliphatic rings. The topological polar surface area (TPSA) is 109 Å². The lowest BCUT2D eigenvalue weighted by molar-refractivity contribution is -0.134. The summed E-state index contributed by atoms with van der Waals surface area (Å²) in [5.41, 5.74) is 0.843. The fraction of sp³-hybridized carbons (Fsp3) is 0.852. The Hall–Kier alpha value is -1.07. The number of carbonyl (C=O) groups excluding carboxylic acids is 1. The average Bonchev–Trinajstić information content (AvgIpc) is 3.19. The molecule has 4 rings (SSSR count). The van der Waals surface area contributed by atoms with E-state index in [1.54, 1.807) is 20.8 Å². The summed E-state index contributed by atoms with van der Waals surface area (Å²) >= 11 is 1.52. The van der Waals surface area contributed by atoms with Crippen LogP contribution in [0.25, 0.3) is 0 Å². The lowest BCUT2D eigenvalue weighted by atomic mass is 9.53. The highest BCUT2D eigenvalue weighted by molar-refractivity contribution is 7.92. The number of nitrogens with zero attached hydrogens (tertiary/aromatic N) is 2. The normalized spacial score (nSPS) is 31.9. The van der Waals surface area contributed by atoms with Crippen LogP contribution in [0.4, 0.5) is 0 Å². The number of ether oxygens (including phenoxy) is 1. The van der Waals surface area contributed by atoms with E-state index < -0.39 is 20.7 Å². The number of aromatic nitrogens is 1. The van der Waals surface area contributed by atoms with Crippen LogP contribution in [-0.4, -0.2) is 79.6 Å². The fourth-order valence-electron chi connectivity index (χ4n) is 6.56. The quantitative estimate of drug-likeness (QED) is 0.532. The first kappa shape index (κ1) is 28.9. The molecule has 2 aliphatic carbocycles. The van der Waals surface area contributed by atoms with Crippen LogP contribution in [-0.2, 0) is 31.5 Å². The second-order valence-electron chi connectivity index (χ2n) is 12.7. The van der Waals surface area contributed by atoms with E-state index in [-0.39, 0.29) is 40.7 Å². The minimum atomic E-state index is -3.32. The Balaban J connectivity index is 1.44. The van der Waals surface area contributed by atoms with Crippen LogP contribution in [0, 0.1) is 23.2 Å². The minimum Gasteiger partial charge on any atom is -0.392 e. The second kappa shape index (κ2) is 10.8. The summed E-state index contributed by atoms with van der Waals surface area (Å²) in [5, 5.41) is 15.4. The molecule has 2 fully saturated rings. The van der Waals surface area contributed by atoms with E-state index in [1.807, 2.05) is 6.92 Å². The van der Waals surface area contributed by atoms with Crippen LogP contribution in [0.3, 0.4) is 0 Å². The van der Waals surface area contributed by atoms with Gasteiger partial charge >= 0.3 is 0 Å².